The van der Waals surface area contributed by atoms with Gasteiger partial charge in [-0.2, -0.15) is 0 Å². The van der Waals surface area contributed by atoms with Crippen LogP contribution in [0.25, 0.3) is 0 Å². The predicted octanol–water partition coefficient (Wildman–Crippen LogP) is 3.07. The molecule has 0 atom stereocenters. The first-order valence-corrected chi connectivity index (χ1v) is 6.85. The second kappa shape index (κ2) is 7.40. The van der Waals surface area contributed by atoms with E-state index in [2.05, 4.69) is 0 Å². The van der Waals surface area contributed by atoms with Crippen molar-refractivity contribution in [2.45, 2.75) is 19.4 Å². The fourth-order valence-electron chi connectivity index (χ4n) is 2.02. The molecule has 0 spiro atoms. The lowest BCUT2D eigenvalue weighted by Gasteiger charge is -2.11. The van der Waals surface area contributed by atoms with E-state index < -0.39 is 4.92 Å². The Morgan fingerprint density at radius 2 is 1.81 bits per heavy atom. The van der Waals surface area contributed by atoms with Crippen molar-refractivity contribution in [3.8, 4) is 5.75 Å². The zero-order valence-electron chi connectivity index (χ0n) is 11.7. The van der Waals surface area contributed by atoms with Gasteiger partial charge < -0.3 is 10.5 Å². The van der Waals surface area contributed by atoms with Crippen molar-refractivity contribution in [2.24, 2.45) is 5.73 Å². The molecule has 0 aliphatic carbocycles. The molecule has 0 saturated heterocycles. The van der Waals surface area contributed by atoms with Gasteiger partial charge in [-0.1, -0.05) is 18.2 Å². The minimum Gasteiger partial charge on any atom is -0.489 e. The van der Waals surface area contributed by atoms with Gasteiger partial charge in [-0.3, -0.25) is 10.1 Å². The molecule has 5 nitrogen and oxygen atoms in total. The highest BCUT2D eigenvalue weighted by molar-refractivity contribution is 5.35. The number of hydrogen-bond donors (Lipinski definition) is 1. The molecule has 0 bridgehead atoms. The second-order valence-electron chi connectivity index (χ2n) is 4.71. The minimum atomic E-state index is -0.410. The number of rotatable bonds is 7. The van der Waals surface area contributed by atoms with Crippen molar-refractivity contribution < 1.29 is 9.66 Å². The van der Waals surface area contributed by atoms with Crippen LogP contribution < -0.4 is 10.5 Å². The van der Waals surface area contributed by atoms with Crippen LogP contribution >= 0.6 is 0 Å². The minimum absolute atomic E-state index is 0.0853. The Bertz CT molecular complexity index is 597. The number of nitrogens with zero attached hydrogens (tertiary/aromatic N) is 1. The molecule has 0 unspecified atom stereocenters. The summed E-state index contributed by atoms with van der Waals surface area (Å²) in [7, 11) is 0. The molecule has 0 saturated carbocycles. The fraction of sp³-hybridized carbons (Fsp3) is 0.250. The fourth-order valence-corrected chi connectivity index (χ4v) is 2.02. The van der Waals surface area contributed by atoms with Crippen LogP contribution in [0.4, 0.5) is 5.69 Å². The Morgan fingerprint density at radius 1 is 1.10 bits per heavy atom. The van der Waals surface area contributed by atoms with Gasteiger partial charge in [0.1, 0.15) is 12.4 Å². The Kier molecular flexibility index (Phi) is 5.29. The van der Waals surface area contributed by atoms with Crippen molar-refractivity contribution in [1.29, 1.82) is 0 Å². The maximum Gasteiger partial charge on any atom is 0.269 e. The van der Waals surface area contributed by atoms with E-state index in [-0.39, 0.29) is 5.69 Å². The van der Waals surface area contributed by atoms with E-state index in [1.165, 1.54) is 12.1 Å². The summed E-state index contributed by atoms with van der Waals surface area (Å²) in [5.74, 6) is 0.837. The molecular formula is C16H18N2O3. The standard InChI is InChI=1S/C16H18N2O3/c17-11-3-5-14-4-1-2-6-16(14)21-12-13-7-9-15(10-8-13)18(19)20/h1-2,4,6-10H,3,5,11-12,17H2. The molecule has 0 heterocycles. The van der Waals surface area contributed by atoms with Gasteiger partial charge in [0, 0.05) is 12.1 Å². The SMILES string of the molecule is NCCCc1ccccc1OCc1ccc([N+](=O)[O-])cc1. The van der Waals surface area contributed by atoms with E-state index in [0.717, 1.165) is 29.7 Å². The highest BCUT2D eigenvalue weighted by atomic mass is 16.6. The van der Waals surface area contributed by atoms with Crippen molar-refractivity contribution in [1.82, 2.24) is 0 Å². The normalized spacial score (nSPS) is 10.3. The maximum atomic E-state index is 10.6. The molecule has 0 aliphatic heterocycles. The molecule has 5 heteroatoms. The van der Waals surface area contributed by atoms with E-state index in [4.69, 9.17) is 10.5 Å². The van der Waals surface area contributed by atoms with E-state index in [1.54, 1.807) is 12.1 Å². The third-order valence-electron chi connectivity index (χ3n) is 3.16. The zero-order chi connectivity index (χ0) is 15.1. The quantitative estimate of drug-likeness (QED) is 0.626. The predicted molar refractivity (Wildman–Crippen MR) is 81.2 cm³/mol. The molecule has 2 rings (SSSR count). The van der Waals surface area contributed by atoms with Gasteiger partial charge in [0.2, 0.25) is 0 Å². The van der Waals surface area contributed by atoms with Crippen molar-refractivity contribution in [3.63, 3.8) is 0 Å². The third kappa shape index (κ3) is 4.29. The number of nitrogens with two attached hydrogens (primary N) is 1. The number of benzene rings is 2. The van der Waals surface area contributed by atoms with Crippen LogP contribution in [0.1, 0.15) is 17.5 Å². The van der Waals surface area contributed by atoms with Crippen LogP contribution in [-0.4, -0.2) is 11.5 Å². The molecule has 0 fully saturated rings. The van der Waals surface area contributed by atoms with Crippen LogP contribution in [0, 0.1) is 10.1 Å². The summed E-state index contributed by atoms with van der Waals surface area (Å²) < 4.78 is 5.81. The Balaban J connectivity index is 2.00. The maximum absolute atomic E-state index is 10.6. The van der Waals surface area contributed by atoms with Crippen LogP contribution in [0.3, 0.4) is 0 Å². The van der Waals surface area contributed by atoms with Gasteiger partial charge in [0.05, 0.1) is 4.92 Å². The van der Waals surface area contributed by atoms with Crippen LogP contribution in [0.2, 0.25) is 0 Å². The van der Waals surface area contributed by atoms with Crippen molar-refractivity contribution >= 4 is 5.69 Å². The zero-order valence-corrected chi connectivity index (χ0v) is 11.7. The molecule has 0 radical (unpaired) electrons. The summed E-state index contributed by atoms with van der Waals surface area (Å²) in [4.78, 5) is 10.2. The number of non-ortho nitro benzene ring substituents is 1. The first kappa shape index (κ1) is 15.0. The van der Waals surface area contributed by atoms with Gasteiger partial charge in [-0.05, 0) is 48.7 Å². The highest BCUT2D eigenvalue weighted by Crippen LogP contribution is 2.21. The monoisotopic (exact) mass is 286 g/mol. The number of nitro groups is 1. The van der Waals surface area contributed by atoms with E-state index in [9.17, 15) is 10.1 Å². The molecule has 2 aromatic rings. The van der Waals surface area contributed by atoms with Crippen LogP contribution in [0.5, 0.6) is 5.75 Å². The Morgan fingerprint density at radius 3 is 2.48 bits per heavy atom. The van der Waals surface area contributed by atoms with Crippen LogP contribution in [-0.2, 0) is 13.0 Å². The first-order valence-electron chi connectivity index (χ1n) is 6.85. The third-order valence-corrected chi connectivity index (χ3v) is 3.16. The average molecular weight is 286 g/mol. The molecule has 2 N–H and O–H groups in total. The van der Waals surface area contributed by atoms with Gasteiger partial charge in [-0.15, -0.1) is 0 Å². The summed E-state index contributed by atoms with van der Waals surface area (Å²) in [6, 6.07) is 14.2. The van der Waals surface area contributed by atoms with Crippen molar-refractivity contribution in [3.05, 3.63) is 69.8 Å². The molecule has 110 valence electrons. The molecular weight excluding hydrogens is 268 g/mol. The first-order chi connectivity index (χ1) is 10.2. The van der Waals surface area contributed by atoms with Gasteiger partial charge >= 0.3 is 0 Å². The smallest absolute Gasteiger partial charge is 0.269 e. The lowest BCUT2D eigenvalue weighted by atomic mass is 10.1. The summed E-state index contributed by atoms with van der Waals surface area (Å²) in [6.07, 6.45) is 1.80. The Labute approximate surface area is 123 Å². The number of hydrogen-bond acceptors (Lipinski definition) is 4. The summed E-state index contributed by atoms with van der Waals surface area (Å²) in [5.41, 5.74) is 7.65. The van der Waals surface area contributed by atoms with Gasteiger partial charge in [0.25, 0.3) is 5.69 Å². The van der Waals surface area contributed by atoms with Crippen LogP contribution in [0.15, 0.2) is 48.5 Å². The molecule has 0 aliphatic rings. The topological polar surface area (TPSA) is 78.4 Å². The van der Waals surface area contributed by atoms with E-state index >= 15 is 0 Å². The number of nitro benzene ring substituents is 1. The summed E-state index contributed by atoms with van der Waals surface area (Å²) in [6.45, 7) is 1.04. The average Bonchev–Trinajstić information content (AvgIpc) is 2.52. The molecule has 0 amide bonds. The van der Waals surface area contributed by atoms with Gasteiger partial charge in [-0.25, -0.2) is 0 Å². The van der Waals surface area contributed by atoms with E-state index in [0.29, 0.717) is 13.2 Å². The summed E-state index contributed by atoms with van der Waals surface area (Å²) >= 11 is 0. The largest absolute Gasteiger partial charge is 0.489 e. The molecule has 21 heavy (non-hydrogen) atoms. The van der Waals surface area contributed by atoms with Crippen molar-refractivity contribution in [2.75, 3.05) is 6.54 Å². The van der Waals surface area contributed by atoms with Gasteiger partial charge in [0.15, 0.2) is 0 Å². The number of para-hydroxylation sites is 1. The molecule has 0 aromatic heterocycles. The second-order valence-corrected chi connectivity index (χ2v) is 4.71. The highest BCUT2D eigenvalue weighted by Gasteiger charge is 2.06. The molecule has 2 aromatic carbocycles. The van der Waals surface area contributed by atoms with E-state index in [1.807, 2.05) is 24.3 Å². The lowest BCUT2D eigenvalue weighted by molar-refractivity contribution is -0.384. The lowest BCUT2D eigenvalue weighted by Crippen LogP contribution is -2.03. The number of ether oxygens (including phenoxy) is 1. The number of aryl methyl sites for hydroxylation is 1. The Hall–Kier alpha value is -2.40. The summed E-state index contributed by atoms with van der Waals surface area (Å²) in [5, 5.41) is 10.6.